The summed E-state index contributed by atoms with van der Waals surface area (Å²) in [5, 5.41) is 9.11. The second kappa shape index (κ2) is 4.39. The van der Waals surface area contributed by atoms with Gasteiger partial charge in [-0.1, -0.05) is 6.07 Å². The Morgan fingerprint density at radius 1 is 1.57 bits per heavy atom. The third-order valence-corrected chi connectivity index (χ3v) is 2.15. The molecule has 1 aliphatic heterocycles. The van der Waals surface area contributed by atoms with Gasteiger partial charge < -0.3 is 14.6 Å². The first-order valence-electron chi connectivity index (χ1n) is 4.69. The van der Waals surface area contributed by atoms with Crippen LogP contribution >= 0.6 is 0 Å². The molecule has 4 nitrogen and oxygen atoms in total. The molecule has 14 heavy (non-hydrogen) atoms. The highest BCUT2D eigenvalue weighted by atomic mass is 16.5. The van der Waals surface area contributed by atoms with Crippen LogP contribution in [0.2, 0.25) is 0 Å². The number of ether oxygens (including phenoxy) is 2. The van der Waals surface area contributed by atoms with Crippen LogP contribution in [0.15, 0.2) is 18.2 Å². The molecule has 1 fully saturated rings. The monoisotopic (exact) mass is 195 g/mol. The Morgan fingerprint density at radius 3 is 3.21 bits per heavy atom. The average Bonchev–Trinajstić information content (AvgIpc) is 2.67. The summed E-state index contributed by atoms with van der Waals surface area (Å²) >= 11 is 0. The van der Waals surface area contributed by atoms with Crippen LogP contribution < -0.4 is 0 Å². The minimum Gasteiger partial charge on any atom is -0.493 e. The van der Waals surface area contributed by atoms with E-state index in [1.54, 1.807) is 12.1 Å². The summed E-state index contributed by atoms with van der Waals surface area (Å²) < 4.78 is 10.7. The molecule has 0 saturated carbocycles. The van der Waals surface area contributed by atoms with E-state index in [-0.39, 0.29) is 12.0 Å². The molecule has 0 radical (unpaired) electrons. The molecule has 1 N–H and O–H groups in total. The Morgan fingerprint density at radius 2 is 2.50 bits per heavy atom. The van der Waals surface area contributed by atoms with Crippen molar-refractivity contribution in [2.24, 2.45) is 0 Å². The molecular weight excluding hydrogens is 182 g/mol. The van der Waals surface area contributed by atoms with Crippen LogP contribution in [0.4, 0.5) is 0 Å². The fourth-order valence-corrected chi connectivity index (χ4v) is 1.39. The summed E-state index contributed by atoms with van der Waals surface area (Å²) in [6, 6.07) is 5.13. The first kappa shape index (κ1) is 9.43. The van der Waals surface area contributed by atoms with Gasteiger partial charge in [-0.2, -0.15) is 0 Å². The topological polar surface area (TPSA) is 51.6 Å². The van der Waals surface area contributed by atoms with Gasteiger partial charge in [0.05, 0.1) is 25.0 Å². The lowest BCUT2D eigenvalue weighted by Gasteiger charge is -2.08. The Bertz CT molecular complexity index is 297. The fourth-order valence-electron chi connectivity index (χ4n) is 1.39. The van der Waals surface area contributed by atoms with Crippen LogP contribution in [0.3, 0.4) is 0 Å². The molecule has 1 aromatic rings. The standard InChI is InChI=1S/C10H13NO3/c12-10-3-1-2-8(11-10)6-14-9-4-5-13-7-9/h1-3,9H,4-7H2,(H,11,12)/t9-/m0/s1. The number of rotatable bonds is 3. The van der Waals surface area contributed by atoms with E-state index < -0.39 is 0 Å². The number of hydrogen-bond acceptors (Lipinski definition) is 4. The largest absolute Gasteiger partial charge is 0.493 e. The van der Waals surface area contributed by atoms with E-state index in [1.165, 1.54) is 0 Å². The first-order chi connectivity index (χ1) is 6.84. The zero-order valence-corrected chi connectivity index (χ0v) is 7.85. The third-order valence-electron chi connectivity index (χ3n) is 2.15. The van der Waals surface area contributed by atoms with Crippen molar-refractivity contribution in [3.05, 3.63) is 23.9 Å². The molecule has 2 rings (SSSR count). The van der Waals surface area contributed by atoms with Gasteiger partial charge in [0, 0.05) is 12.7 Å². The molecule has 1 saturated heterocycles. The molecule has 0 bridgehead atoms. The quantitative estimate of drug-likeness (QED) is 0.784. The number of pyridine rings is 1. The van der Waals surface area contributed by atoms with Crippen LogP contribution in [-0.4, -0.2) is 29.4 Å². The van der Waals surface area contributed by atoms with E-state index in [9.17, 15) is 0 Å². The van der Waals surface area contributed by atoms with Gasteiger partial charge in [-0.25, -0.2) is 4.98 Å². The molecular formula is C10H13NO3. The van der Waals surface area contributed by atoms with Crippen LogP contribution in [0.5, 0.6) is 5.88 Å². The molecule has 1 aliphatic rings. The highest BCUT2D eigenvalue weighted by Gasteiger charge is 2.15. The summed E-state index contributed by atoms with van der Waals surface area (Å²) in [5.74, 6) is 0.0359. The number of aromatic hydroxyl groups is 1. The Hall–Kier alpha value is -1.13. The van der Waals surface area contributed by atoms with E-state index in [4.69, 9.17) is 14.6 Å². The Labute approximate surface area is 82.5 Å². The average molecular weight is 195 g/mol. The number of aromatic nitrogens is 1. The second-order valence-electron chi connectivity index (χ2n) is 3.28. The molecule has 0 spiro atoms. The lowest BCUT2D eigenvalue weighted by molar-refractivity contribution is 0.0300. The SMILES string of the molecule is Oc1cccc(CO[C@H]2CCOC2)n1. The van der Waals surface area contributed by atoms with E-state index >= 15 is 0 Å². The maximum absolute atomic E-state index is 9.11. The molecule has 0 unspecified atom stereocenters. The maximum Gasteiger partial charge on any atom is 0.211 e. The van der Waals surface area contributed by atoms with Gasteiger partial charge in [0.1, 0.15) is 0 Å². The minimum absolute atomic E-state index is 0.0359. The van der Waals surface area contributed by atoms with Gasteiger partial charge in [-0.05, 0) is 12.5 Å². The second-order valence-corrected chi connectivity index (χ2v) is 3.28. The van der Waals surface area contributed by atoms with Crippen molar-refractivity contribution >= 4 is 0 Å². The lowest BCUT2D eigenvalue weighted by Crippen LogP contribution is -2.12. The maximum atomic E-state index is 9.11. The smallest absolute Gasteiger partial charge is 0.211 e. The first-order valence-corrected chi connectivity index (χ1v) is 4.69. The van der Waals surface area contributed by atoms with Crippen molar-refractivity contribution in [3.63, 3.8) is 0 Å². The van der Waals surface area contributed by atoms with Crippen LogP contribution in [0.1, 0.15) is 12.1 Å². The predicted molar refractivity (Wildman–Crippen MR) is 49.9 cm³/mol. The Kier molecular flexibility index (Phi) is 2.96. The van der Waals surface area contributed by atoms with Gasteiger partial charge >= 0.3 is 0 Å². The molecule has 2 heterocycles. The van der Waals surface area contributed by atoms with Gasteiger partial charge in [0.25, 0.3) is 0 Å². The van der Waals surface area contributed by atoms with Crippen molar-refractivity contribution in [2.45, 2.75) is 19.1 Å². The summed E-state index contributed by atoms with van der Waals surface area (Å²) in [6.07, 6.45) is 1.12. The van der Waals surface area contributed by atoms with Crippen molar-refractivity contribution in [2.75, 3.05) is 13.2 Å². The summed E-state index contributed by atoms with van der Waals surface area (Å²) in [6.45, 7) is 1.87. The van der Waals surface area contributed by atoms with Crippen molar-refractivity contribution in [1.29, 1.82) is 0 Å². The van der Waals surface area contributed by atoms with E-state index in [0.717, 1.165) is 18.7 Å². The van der Waals surface area contributed by atoms with E-state index in [1.807, 2.05) is 6.07 Å². The molecule has 1 aromatic heterocycles. The summed E-state index contributed by atoms with van der Waals surface area (Å²) in [5.41, 5.74) is 0.747. The van der Waals surface area contributed by atoms with Crippen LogP contribution in [0.25, 0.3) is 0 Å². The van der Waals surface area contributed by atoms with Gasteiger partial charge in [-0.3, -0.25) is 0 Å². The van der Waals surface area contributed by atoms with E-state index in [0.29, 0.717) is 13.2 Å². The minimum atomic E-state index is 0.0359. The molecule has 0 amide bonds. The fraction of sp³-hybridized carbons (Fsp3) is 0.500. The number of nitrogens with zero attached hydrogens (tertiary/aromatic N) is 1. The zero-order valence-electron chi connectivity index (χ0n) is 7.85. The van der Waals surface area contributed by atoms with Crippen molar-refractivity contribution in [3.8, 4) is 5.88 Å². The predicted octanol–water partition coefficient (Wildman–Crippen LogP) is 1.09. The zero-order chi connectivity index (χ0) is 9.80. The van der Waals surface area contributed by atoms with Gasteiger partial charge in [0.2, 0.25) is 5.88 Å². The van der Waals surface area contributed by atoms with Crippen LogP contribution in [0, 0.1) is 0 Å². The molecule has 0 aliphatic carbocycles. The molecule has 1 atom stereocenters. The third kappa shape index (κ3) is 2.43. The van der Waals surface area contributed by atoms with Gasteiger partial charge in [-0.15, -0.1) is 0 Å². The normalized spacial score (nSPS) is 21.3. The summed E-state index contributed by atoms with van der Waals surface area (Å²) in [7, 11) is 0. The molecule has 76 valence electrons. The molecule has 4 heteroatoms. The van der Waals surface area contributed by atoms with Crippen molar-refractivity contribution in [1.82, 2.24) is 4.98 Å². The number of hydrogen-bond donors (Lipinski definition) is 1. The van der Waals surface area contributed by atoms with E-state index in [2.05, 4.69) is 4.98 Å². The van der Waals surface area contributed by atoms with Crippen LogP contribution in [-0.2, 0) is 16.1 Å². The summed E-state index contributed by atoms with van der Waals surface area (Å²) in [4.78, 5) is 3.92. The van der Waals surface area contributed by atoms with Gasteiger partial charge in [0.15, 0.2) is 0 Å². The lowest BCUT2D eigenvalue weighted by atomic mass is 10.3. The highest BCUT2D eigenvalue weighted by molar-refractivity contribution is 5.13. The highest BCUT2D eigenvalue weighted by Crippen LogP contribution is 2.11. The molecule has 0 aromatic carbocycles. The Balaban J connectivity index is 1.85. The van der Waals surface area contributed by atoms with Crippen molar-refractivity contribution < 1.29 is 14.6 Å².